The Morgan fingerprint density at radius 2 is 2.14 bits per heavy atom. The van der Waals surface area contributed by atoms with Gasteiger partial charge in [-0.15, -0.1) is 0 Å². The second-order valence-electron chi connectivity index (χ2n) is 4.70. The van der Waals surface area contributed by atoms with E-state index in [1.54, 1.807) is 0 Å². The molecule has 0 saturated carbocycles. The van der Waals surface area contributed by atoms with Crippen LogP contribution in [0, 0.1) is 5.41 Å². The van der Waals surface area contributed by atoms with Gasteiger partial charge in [0.2, 0.25) is 0 Å². The van der Waals surface area contributed by atoms with Crippen molar-refractivity contribution in [2.75, 3.05) is 6.61 Å². The van der Waals surface area contributed by atoms with Crippen molar-refractivity contribution in [1.82, 2.24) is 0 Å². The van der Waals surface area contributed by atoms with Gasteiger partial charge in [0.05, 0.1) is 6.61 Å². The first-order chi connectivity index (χ1) is 6.57. The number of halogens is 1. The molecule has 0 fully saturated rings. The quantitative estimate of drug-likeness (QED) is 0.685. The average Bonchev–Trinajstić information content (AvgIpc) is 2.26. The molecule has 2 rings (SSSR count). The first-order valence-electron chi connectivity index (χ1n) is 4.98. The van der Waals surface area contributed by atoms with E-state index in [0.29, 0.717) is 5.41 Å². The summed E-state index contributed by atoms with van der Waals surface area (Å²) < 4.78 is 6.94. The standard InChI is InChI=1S/C12H15BrO/c1-12(2)6-5-9-7-10(13)3-4-11(9)14-8-12/h3-4,7H,5-6,8H2,1-2H3. The van der Waals surface area contributed by atoms with Crippen LogP contribution in [0.15, 0.2) is 22.7 Å². The minimum Gasteiger partial charge on any atom is -0.493 e. The Morgan fingerprint density at radius 1 is 1.36 bits per heavy atom. The van der Waals surface area contributed by atoms with E-state index in [9.17, 15) is 0 Å². The van der Waals surface area contributed by atoms with E-state index in [-0.39, 0.29) is 0 Å². The van der Waals surface area contributed by atoms with Crippen LogP contribution >= 0.6 is 15.9 Å². The highest BCUT2D eigenvalue weighted by Gasteiger charge is 2.23. The summed E-state index contributed by atoms with van der Waals surface area (Å²) >= 11 is 3.49. The molecule has 0 atom stereocenters. The van der Waals surface area contributed by atoms with E-state index in [1.165, 1.54) is 12.0 Å². The highest BCUT2D eigenvalue weighted by molar-refractivity contribution is 9.10. The third-order valence-corrected chi connectivity index (χ3v) is 3.21. The Morgan fingerprint density at radius 3 is 2.93 bits per heavy atom. The molecule has 0 spiro atoms. The molecule has 2 heteroatoms. The molecule has 0 saturated heterocycles. The Labute approximate surface area is 93.6 Å². The van der Waals surface area contributed by atoms with Crippen LogP contribution in [0.4, 0.5) is 0 Å². The minimum absolute atomic E-state index is 0.297. The monoisotopic (exact) mass is 254 g/mol. The van der Waals surface area contributed by atoms with Crippen LogP contribution in [0.3, 0.4) is 0 Å². The van der Waals surface area contributed by atoms with Gasteiger partial charge in [-0.25, -0.2) is 0 Å². The summed E-state index contributed by atoms with van der Waals surface area (Å²) in [7, 11) is 0. The second-order valence-corrected chi connectivity index (χ2v) is 5.62. The van der Waals surface area contributed by atoms with Crippen molar-refractivity contribution in [2.24, 2.45) is 5.41 Å². The maximum absolute atomic E-state index is 5.80. The van der Waals surface area contributed by atoms with E-state index < -0.39 is 0 Å². The maximum Gasteiger partial charge on any atom is 0.122 e. The first-order valence-corrected chi connectivity index (χ1v) is 5.77. The zero-order valence-electron chi connectivity index (χ0n) is 8.64. The molecular weight excluding hydrogens is 240 g/mol. The summed E-state index contributed by atoms with van der Waals surface area (Å²) in [5.41, 5.74) is 1.62. The molecule has 0 amide bonds. The van der Waals surface area contributed by atoms with E-state index in [1.807, 2.05) is 6.07 Å². The van der Waals surface area contributed by atoms with Crippen molar-refractivity contribution in [3.63, 3.8) is 0 Å². The fourth-order valence-corrected chi connectivity index (χ4v) is 2.11. The predicted octanol–water partition coefficient (Wildman–Crippen LogP) is 3.80. The molecule has 1 heterocycles. The number of aryl methyl sites for hydroxylation is 1. The highest BCUT2D eigenvalue weighted by Crippen LogP contribution is 2.33. The smallest absolute Gasteiger partial charge is 0.122 e. The van der Waals surface area contributed by atoms with E-state index in [0.717, 1.165) is 23.2 Å². The molecule has 1 aliphatic rings. The molecule has 1 aliphatic heterocycles. The summed E-state index contributed by atoms with van der Waals surface area (Å²) in [6.45, 7) is 5.34. The summed E-state index contributed by atoms with van der Waals surface area (Å²) in [5, 5.41) is 0. The van der Waals surface area contributed by atoms with E-state index in [2.05, 4.69) is 41.9 Å². The number of rotatable bonds is 0. The van der Waals surface area contributed by atoms with Gasteiger partial charge in [0.1, 0.15) is 5.75 Å². The molecule has 0 unspecified atom stereocenters. The van der Waals surface area contributed by atoms with Crippen LogP contribution < -0.4 is 4.74 Å². The average molecular weight is 255 g/mol. The van der Waals surface area contributed by atoms with Gasteiger partial charge in [0.25, 0.3) is 0 Å². The van der Waals surface area contributed by atoms with Crippen molar-refractivity contribution in [2.45, 2.75) is 26.7 Å². The summed E-state index contributed by atoms with van der Waals surface area (Å²) in [6.07, 6.45) is 2.30. The third-order valence-electron chi connectivity index (χ3n) is 2.71. The molecule has 0 bridgehead atoms. The van der Waals surface area contributed by atoms with Crippen LogP contribution in [0.2, 0.25) is 0 Å². The summed E-state index contributed by atoms with van der Waals surface area (Å²) in [5.74, 6) is 1.05. The molecule has 14 heavy (non-hydrogen) atoms. The van der Waals surface area contributed by atoms with Gasteiger partial charge >= 0.3 is 0 Å². The molecule has 0 aromatic heterocycles. The van der Waals surface area contributed by atoms with Crippen molar-refractivity contribution in [3.05, 3.63) is 28.2 Å². The molecule has 0 aliphatic carbocycles. The van der Waals surface area contributed by atoms with Crippen LogP contribution in [0.25, 0.3) is 0 Å². The summed E-state index contributed by atoms with van der Waals surface area (Å²) in [6, 6.07) is 6.26. The number of ether oxygens (including phenoxy) is 1. The van der Waals surface area contributed by atoms with Crippen molar-refractivity contribution >= 4 is 15.9 Å². The molecule has 76 valence electrons. The van der Waals surface area contributed by atoms with Crippen molar-refractivity contribution in [1.29, 1.82) is 0 Å². The van der Waals surface area contributed by atoms with E-state index in [4.69, 9.17) is 4.74 Å². The fraction of sp³-hybridized carbons (Fsp3) is 0.500. The molecule has 1 aromatic rings. The highest BCUT2D eigenvalue weighted by atomic mass is 79.9. The van der Waals surface area contributed by atoms with Gasteiger partial charge < -0.3 is 4.74 Å². The van der Waals surface area contributed by atoms with Crippen LogP contribution in [0.1, 0.15) is 25.8 Å². The largest absolute Gasteiger partial charge is 0.493 e. The van der Waals surface area contributed by atoms with Crippen LogP contribution in [-0.4, -0.2) is 6.61 Å². The lowest BCUT2D eigenvalue weighted by molar-refractivity contribution is 0.182. The van der Waals surface area contributed by atoms with E-state index >= 15 is 0 Å². The van der Waals surface area contributed by atoms with Crippen molar-refractivity contribution < 1.29 is 4.74 Å². The summed E-state index contributed by atoms with van der Waals surface area (Å²) in [4.78, 5) is 0. The molecule has 1 nitrogen and oxygen atoms in total. The second kappa shape index (κ2) is 3.58. The molecule has 0 N–H and O–H groups in total. The van der Waals surface area contributed by atoms with Crippen LogP contribution in [-0.2, 0) is 6.42 Å². The topological polar surface area (TPSA) is 9.23 Å². The van der Waals surface area contributed by atoms with Crippen molar-refractivity contribution in [3.8, 4) is 5.75 Å². The maximum atomic E-state index is 5.80. The molecule has 1 aromatic carbocycles. The lowest BCUT2D eigenvalue weighted by Gasteiger charge is -2.20. The molecular formula is C12H15BrO. The van der Waals surface area contributed by atoms with Gasteiger partial charge in [0.15, 0.2) is 0 Å². The predicted molar refractivity (Wildman–Crippen MR) is 61.7 cm³/mol. The number of hydrogen-bond donors (Lipinski definition) is 0. The number of hydrogen-bond acceptors (Lipinski definition) is 1. The zero-order chi connectivity index (χ0) is 10.2. The van der Waals surface area contributed by atoms with Gasteiger partial charge in [-0.05, 0) is 42.0 Å². The number of fused-ring (bicyclic) bond motifs is 1. The molecule has 0 radical (unpaired) electrons. The fourth-order valence-electron chi connectivity index (χ4n) is 1.70. The Balaban J connectivity index is 2.30. The zero-order valence-corrected chi connectivity index (χ0v) is 10.2. The third kappa shape index (κ3) is 2.11. The SMILES string of the molecule is CC1(C)CCc2cc(Br)ccc2OC1. The number of benzene rings is 1. The van der Waals surface area contributed by atoms with Gasteiger partial charge in [0, 0.05) is 4.47 Å². The van der Waals surface area contributed by atoms with Gasteiger partial charge in [-0.3, -0.25) is 0 Å². The van der Waals surface area contributed by atoms with Gasteiger partial charge in [-0.1, -0.05) is 29.8 Å². The Kier molecular flexibility index (Phi) is 2.56. The minimum atomic E-state index is 0.297. The normalized spacial score (nSPS) is 19.4. The Hall–Kier alpha value is -0.500. The lowest BCUT2D eigenvalue weighted by Crippen LogP contribution is -2.19. The Bertz CT molecular complexity index is 344. The van der Waals surface area contributed by atoms with Gasteiger partial charge in [-0.2, -0.15) is 0 Å². The lowest BCUT2D eigenvalue weighted by atomic mass is 9.88. The first kappa shape index (κ1) is 10.0. The van der Waals surface area contributed by atoms with Crippen LogP contribution in [0.5, 0.6) is 5.75 Å².